The third-order valence-corrected chi connectivity index (χ3v) is 3.04. The summed E-state index contributed by atoms with van der Waals surface area (Å²) in [7, 11) is 0. The number of carbonyl (C=O) groups is 2. The normalized spacial score (nSPS) is 19.1. The summed E-state index contributed by atoms with van der Waals surface area (Å²) >= 11 is 0. The van der Waals surface area contributed by atoms with Crippen molar-refractivity contribution >= 4 is 17.6 Å². The highest BCUT2D eigenvalue weighted by Gasteiger charge is 2.28. The van der Waals surface area contributed by atoms with Crippen molar-refractivity contribution in [2.75, 3.05) is 11.9 Å². The van der Waals surface area contributed by atoms with Gasteiger partial charge in [0.05, 0.1) is 5.69 Å². The largest absolute Gasteiger partial charge is 0.451 e. The lowest BCUT2D eigenvalue weighted by Gasteiger charge is -2.16. The summed E-state index contributed by atoms with van der Waals surface area (Å²) in [4.78, 5) is 23.5. The zero-order chi connectivity index (χ0) is 15.4. The Balaban J connectivity index is 1.91. The first-order chi connectivity index (χ1) is 9.97. The van der Waals surface area contributed by atoms with Crippen molar-refractivity contribution in [1.29, 1.82) is 0 Å². The molecule has 0 aromatic heterocycles. The molecule has 1 heterocycles. The molecule has 1 amide bonds. The topological polar surface area (TPSA) is 64.6 Å². The van der Waals surface area contributed by atoms with Crippen LogP contribution in [0.25, 0.3) is 0 Å². The van der Waals surface area contributed by atoms with Crippen molar-refractivity contribution in [3.63, 3.8) is 0 Å². The summed E-state index contributed by atoms with van der Waals surface area (Å²) in [6.07, 6.45) is -0.435. The minimum Gasteiger partial charge on any atom is -0.451 e. The Morgan fingerprint density at radius 1 is 1.43 bits per heavy atom. The summed E-state index contributed by atoms with van der Waals surface area (Å²) in [6, 6.07) is 2.76. The Labute approximate surface area is 120 Å². The van der Waals surface area contributed by atoms with Crippen LogP contribution in [0.2, 0.25) is 0 Å². The summed E-state index contributed by atoms with van der Waals surface area (Å²) in [6.45, 7) is 1.85. The van der Waals surface area contributed by atoms with Gasteiger partial charge in [-0.15, -0.1) is 0 Å². The number of nitrogens with one attached hydrogen (secondary N) is 1. The number of hydrogen-bond acceptors (Lipinski definition) is 4. The number of rotatable bonds is 4. The van der Waals surface area contributed by atoms with Gasteiger partial charge in [-0.25, -0.2) is 13.6 Å². The molecular weight excluding hydrogens is 284 g/mol. The van der Waals surface area contributed by atoms with Crippen LogP contribution < -0.4 is 5.32 Å². The van der Waals surface area contributed by atoms with Crippen LogP contribution in [0.4, 0.5) is 14.5 Å². The lowest BCUT2D eigenvalue weighted by molar-refractivity contribution is -0.162. The van der Waals surface area contributed by atoms with Crippen LogP contribution in [0, 0.1) is 11.6 Å². The molecule has 0 aliphatic carbocycles. The van der Waals surface area contributed by atoms with Gasteiger partial charge in [0.25, 0.3) is 5.91 Å². The van der Waals surface area contributed by atoms with Gasteiger partial charge in [-0.1, -0.05) is 0 Å². The number of carbonyl (C=O) groups excluding carboxylic acids is 2. The van der Waals surface area contributed by atoms with Gasteiger partial charge in [0.1, 0.15) is 11.6 Å². The van der Waals surface area contributed by atoms with E-state index in [2.05, 4.69) is 5.32 Å². The Bertz CT molecular complexity index is 544. The Morgan fingerprint density at radius 3 is 2.81 bits per heavy atom. The molecule has 1 aliphatic heterocycles. The average Bonchev–Trinajstić information content (AvgIpc) is 2.95. The van der Waals surface area contributed by atoms with Crippen molar-refractivity contribution < 1.29 is 27.8 Å². The Morgan fingerprint density at radius 2 is 2.19 bits per heavy atom. The Kier molecular flexibility index (Phi) is 4.85. The maximum atomic E-state index is 13.4. The number of anilines is 1. The van der Waals surface area contributed by atoms with Crippen LogP contribution in [0.3, 0.4) is 0 Å². The molecule has 0 bridgehead atoms. The van der Waals surface area contributed by atoms with E-state index in [1.54, 1.807) is 0 Å². The summed E-state index contributed by atoms with van der Waals surface area (Å²) in [5.74, 6) is -2.97. The molecule has 0 unspecified atom stereocenters. The Hall–Kier alpha value is -2.02. The van der Waals surface area contributed by atoms with E-state index in [0.29, 0.717) is 19.1 Å². The number of halogens is 2. The quantitative estimate of drug-likeness (QED) is 0.864. The van der Waals surface area contributed by atoms with E-state index in [1.807, 2.05) is 0 Å². The third kappa shape index (κ3) is 3.98. The molecule has 7 heteroatoms. The number of esters is 1. The fourth-order valence-corrected chi connectivity index (χ4v) is 1.89. The first-order valence-electron chi connectivity index (χ1n) is 6.55. The summed E-state index contributed by atoms with van der Waals surface area (Å²) in [5, 5.41) is 2.23. The zero-order valence-corrected chi connectivity index (χ0v) is 11.4. The van der Waals surface area contributed by atoms with Crippen LogP contribution in [0.5, 0.6) is 0 Å². The van der Waals surface area contributed by atoms with E-state index in [4.69, 9.17) is 9.47 Å². The van der Waals surface area contributed by atoms with Crippen LogP contribution in [-0.2, 0) is 19.1 Å². The fourth-order valence-electron chi connectivity index (χ4n) is 1.89. The molecule has 1 aliphatic rings. The lowest BCUT2D eigenvalue weighted by Crippen LogP contribution is -2.34. The van der Waals surface area contributed by atoms with Gasteiger partial charge >= 0.3 is 5.97 Å². The standard InChI is InChI=1S/C14H15F2NO4/c1-8(21-14(19)12-3-2-6-20-12)13(18)17-11-5-4-9(15)7-10(11)16/h4-5,7-8,12H,2-3,6H2,1H3,(H,17,18)/t8-,12-/m0/s1. The second kappa shape index (κ2) is 6.62. The third-order valence-electron chi connectivity index (χ3n) is 3.04. The van der Waals surface area contributed by atoms with Gasteiger partial charge in [0.2, 0.25) is 0 Å². The minimum absolute atomic E-state index is 0.179. The number of ether oxygens (including phenoxy) is 2. The molecule has 1 aromatic rings. The molecule has 2 atom stereocenters. The second-order valence-corrected chi connectivity index (χ2v) is 4.69. The van der Waals surface area contributed by atoms with Crippen LogP contribution in [0.1, 0.15) is 19.8 Å². The second-order valence-electron chi connectivity index (χ2n) is 4.69. The molecule has 1 N–H and O–H groups in total. The maximum absolute atomic E-state index is 13.4. The maximum Gasteiger partial charge on any atom is 0.336 e. The van der Waals surface area contributed by atoms with Crippen LogP contribution in [-0.4, -0.2) is 30.7 Å². The van der Waals surface area contributed by atoms with E-state index in [-0.39, 0.29) is 5.69 Å². The van der Waals surface area contributed by atoms with E-state index >= 15 is 0 Å². The molecule has 5 nitrogen and oxygen atoms in total. The van der Waals surface area contributed by atoms with E-state index in [0.717, 1.165) is 18.6 Å². The number of amides is 1. The smallest absolute Gasteiger partial charge is 0.336 e. The molecular formula is C14H15F2NO4. The summed E-state index contributed by atoms with van der Waals surface area (Å²) in [5.41, 5.74) is -0.179. The van der Waals surface area contributed by atoms with Crippen LogP contribution in [0.15, 0.2) is 18.2 Å². The van der Waals surface area contributed by atoms with Crippen molar-refractivity contribution in [2.45, 2.75) is 32.0 Å². The van der Waals surface area contributed by atoms with Crippen molar-refractivity contribution in [1.82, 2.24) is 0 Å². The van der Waals surface area contributed by atoms with Crippen LogP contribution >= 0.6 is 0 Å². The highest BCUT2D eigenvalue weighted by atomic mass is 19.1. The van der Waals surface area contributed by atoms with E-state index in [9.17, 15) is 18.4 Å². The van der Waals surface area contributed by atoms with Crippen molar-refractivity contribution in [3.8, 4) is 0 Å². The van der Waals surface area contributed by atoms with Crippen molar-refractivity contribution in [3.05, 3.63) is 29.8 Å². The van der Waals surface area contributed by atoms with E-state index in [1.165, 1.54) is 6.92 Å². The van der Waals surface area contributed by atoms with Gasteiger partial charge in [-0.05, 0) is 31.9 Å². The number of benzene rings is 1. The van der Waals surface area contributed by atoms with Gasteiger partial charge in [0, 0.05) is 12.7 Å². The highest BCUT2D eigenvalue weighted by molar-refractivity contribution is 5.95. The fraction of sp³-hybridized carbons (Fsp3) is 0.429. The monoisotopic (exact) mass is 299 g/mol. The molecule has 1 saturated heterocycles. The SMILES string of the molecule is C[C@H](OC(=O)[C@@H]1CCCO1)C(=O)Nc1ccc(F)cc1F. The predicted molar refractivity (Wildman–Crippen MR) is 69.5 cm³/mol. The average molecular weight is 299 g/mol. The molecule has 0 saturated carbocycles. The van der Waals surface area contributed by atoms with Gasteiger partial charge in [-0.2, -0.15) is 0 Å². The molecule has 114 valence electrons. The summed E-state index contributed by atoms with van der Waals surface area (Å²) < 4.78 is 36.2. The predicted octanol–water partition coefficient (Wildman–Crippen LogP) is 2.01. The minimum atomic E-state index is -1.11. The lowest BCUT2D eigenvalue weighted by atomic mass is 10.2. The molecule has 21 heavy (non-hydrogen) atoms. The first kappa shape index (κ1) is 15.4. The molecule has 0 spiro atoms. The van der Waals surface area contributed by atoms with Gasteiger partial charge in [0.15, 0.2) is 12.2 Å². The molecule has 1 fully saturated rings. The van der Waals surface area contributed by atoms with Gasteiger partial charge < -0.3 is 14.8 Å². The zero-order valence-electron chi connectivity index (χ0n) is 11.4. The van der Waals surface area contributed by atoms with Gasteiger partial charge in [-0.3, -0.25) is 4.79 Å². The molecule has 2 rings (SSSR count). The van der Waals surface area contributed by atoms with Crippen molar-refractivity contribution in [2.24, 2.45) is 0 Å². The molecule has 1 aromatic carbocycles. The van der Waals surface area contributed by atoms with E-state index < -0.39 is 35.7 Å². The molecule has 0 radical (unpaired) electrons. The first-order valence-corrected chi connectivity index (χ1v) is 6.55. The highest BCUT2D eigenvalue weighted by Crippen LogP contribution is 2.17. The number of hydrogen-bond donors (Lipinski definition) is 1.